The summed E-state index contributed by atoms with van der Waals surface area (Å²) in [6.45, 7) is 0.427. The summed E-state index contributed by atoms with van der Waals surface area (Å²) in [6, 6.07) is 0. The van der Waals surface area contributed by atoms with Crippen LogP contribution in [0.15, 0.2) is 0 Å². The molecule has 0 heterocycles. The fourth-order valence-electron chi connectivity index (χ4n) is 0.0292. The van der Waals surface area contributed by atoms with Gasteiger partial charge < -0.3 is 0 Å². The second-order valence-electron chi connectivity index (χ2n) is 1.35. The number of alkyl halides is 2. The van der Waals surface area contributed by atoms with Crippen LogP contribution in [-0.4, -0.2) is 27.1 Å². The highest BCUT2D eigenvalue weighted by Gasteiger charge is 1.74. The Morgan fingerprint density at radius 2 is 1.29 bits per heavy atom. The van der Waals surface area contributed by atoms with Crippen molar-refractivity contribution in [1.29, 1.82) is 0 Å². The highest BCUT2D eigenvalue weighted by atomic mass is 19.3. The summed E-state index contributed by atoms with van der Waals surface area (Å²) >= 11 is 0. The molecule has 0 aromatic rings. The van der Waals surface area contributed by atoms with Crippen LogP contribution in [0.3, 0.4) is 0 Å². The lowest BCUT2D eigenvalue weighted by atomic mass is 10.6. The van der Waals surface area contributed by atoms with Crippen LogP contribution in [0.1, 0.15) is 28.2 Å². The van der Waals surface area contributed by atoms with Crippen molar-refractivity contribution in [3.05, 3.63) is 0 Å². The number of rotatable bonds is 3. The van der Waals surface area contributed by atoms with E-state index in [0.717, 1.165) is 7.11 Å². The zero-order chi connectivity index (χ0) is 10.2. The first kappa shape index (κ1) is 29.2. The molecule has 2 nitrogen and oxygen atoms in total. The molecule has 0 saturated heterocycles. The molecule has 0 N–H and O–H groups in total. The summed E-state index contributed by atoms with van der Waals surface area (Å²) in [5.74, 6) is 0. The van der Waals surface area contributed by atoms with E-state index in [4.69, 9.17) is 0 Å². The van der Waals surface area contributed by atoms with E-state index in [1.807, 2.05) is 0 Å². The third kappa shape index (κ3) is 189. The van der Waals surface area contributed by atoms with E-state index in [1.54, 1.807) is 6.92 Å². The third-order valence-corrected chi connectivity index (χ3v) is 0.343. The molecule has 0 unspecified atom stereocenters. The molecular formula is C8H22F4O2. The Hall–Kier alpha value is -0.360. The Morgan fingerprint density at radius 1 is 1.00 bits per heavy atom. The first-order chi connectivity index (χ1) is 5.74. The average Bonchev–Trinajstić information content (AvgIpc) is 2.08. The van der Waals surface area contributed by atoms with Crippen molar-refractivity contribution in [1.82, 2.24) is 0 Å². The number of halogens is 4. The van der Waals surface area contributed by atoms with Gasteiger partial charge in [0.25, 0.3) is 0 Å². The van der Waals surface area contributed by atoms with Crippen molar-refractivity contribution in [2.75, 3.05) is 27.1 Å². The Bertz CT molecular complexity index is 46.3. The highest BCUT2D eigenvalue weighted by Crippen LogP contribution is 1.70. The molecular weight excluding hydrogens is 204 g/mol. The Balaban J connectivity index is -0.0000000278. The van der Waals surface area contributed by atoms with Crippen LogP contribution in [0.25, 0.3) is 0 Å². The zero-order valence-electron chi connectivity index (χ0n) is 7.16. The van der Waals surface area contributed by atoms with Crippen LogP contribution in [0, 0.1) is 0 Å². The van der Waals surface area contributed by atoms with Crippen molar-refractivity contribution in [2.45, 2.75) is 28.2 Å². The van der Waals surface area contributed by atoms with E-state index in [1.165, 1.54) is 0 Å². The van der Waals surface area contributed by atoms with Crippen LogP contribution in [0.4, 0.5) is 17.8 Å². The van der Waals surface area contributed by atoms with Crippen LogP contribution in [0.2, 0.25) is 0 Å². The predicted molar refractivity (Wildman–Crippen MR) is 50.9 cm³/mol. The molecule has 0 aromatic carbocycles. The van der Waals surface area contributed by atoms with Gasteiger partial charge in [0.2, 0.25) is 0 Å². The fourth-order valence-corrected chi connectivity index (χ4v) is 0.0292. The first-order valence-corrected chi connectivity index (χ1v) is 3.25. The molecule has 0 aromatic heterocycles. The van der Waals surface area contributed by atoms with Crippen molar-refractivity contribution >= 4 is 0 Å². The number of hydrogen-bond donors (Lipinski definition) is 0. The normalized spacial score (nSPS) is 6.43. The molecule has 0 bridgehead atoms. The standard InChI is InChI=1S/C3H7F.C2H4F2O.CH3FO.2CH4/c1-2-3-4;3-1-2-5-4;1-3-2;;/h2-3H2,1H3;1-2H2;1H3;2*1H4. The maximum Gasteiger partial charge on any atom is 0.116 e. The summed E-state index contributed by atoms with van der Waals surface area (Å²) in [5, 5.41) is 0. The van der Waals surface area contributed by atoms with Crippen LogP contribution in [-0.2, 0) is 9.88 Å². The van der Waals surface area contributed by atoms with Crippen molar-refractivity contribution in [3.8, 4) is 0 Å². The monoisotopic (exact) mass is 226 g/mol. The average molecular weight is 226 g/mol. The van der Waals surface area contributed by atoms with Crippen LogP contribution < -0.4 is 0 Å². The molecule has 94 valence electrons. The summed E-state index contributed by atoms with van der Waals surface area (Å²) in [5.41, 5.74) is 0. The maximum atomic E-state index is 10.7. The maximum absolute atomic E-state index is 10.7. The molecule has 0 saturated carbocycles. The van der Waals surface area contributed by atoms with E-state index >= 15 is 0 Å². The van der Waals surface area contributed by atoms with Gasteiger partial charge in [-0.25, -0.2) is 4.39 Å². The molecule has 0 spiro atoms. The lowest BCUT2D eigenvalue weighted by Crippen LogP contribution is -1.82. The molecule has 0 aliphatic heterocycles. The molecule has 0 aliphatic carbocycles. The van der Waals surface area contributed by atoms with Gasteiger partial charge in [-0.3, -0.25) is 4.39 Å². The second-order valence-corrected chi connectivity index (χ2v) is 1.35. The van der Waals surface area contributed by atoms with Crippen LogP contribution in [0.5, 0.6) is 0 Å². The Labute approximate surface area is 84.0 Å². The highest BCUT2D eigenvalue weighted by molar-refractivity contribution is 4.11. The van der Waals surface area contributed by atoms with Gasteiger partial charge in [0, 0.05) is 0 Å². The van der Waals surface area contributed by atoms with Gasteiger partial charge in [-0.15, -0.1) is 0 Å². The largest absolute Gasteiger partial charge is 0.251 e. The van der Waals surface area contributed by atoms with E-state index in [2.05, 4.69) is 9.88 Å². The van der Waals surface area contributed by atoms with Gasteiger partial charge in [0.1, 0.15) is 13.3 Å². The van der Waals surface area contributed by atoms with Gasteiger partial charge in [-0.05, 0) is 15.5 Å². The third-order valence-electron chi connectivity index (χ3n) is 0.343. The molecule has 0 amide bonds. The molecule has 0 fully saturated rings. The summed E-state index contributed by atoms with van der Waals surface area (Å²) < 4.78 is 41.4. The minimum atomic E-state index is -0.753. The summed E-state index contributed by atoms with van der Waals surface area (Å²) in [4.78, 5) is 5.57. The molecule has 6 heteroatoms. The molecule has 0 atom stereocenters. The fraction of sp³-hybridized carbons (Fsp3) is 1.00. The van der Waals surface area contributed by atoms with Crippen molar-refractivity contribution < 1.29 is 27.7 Å². The van der Waals surface area contributed by atoms with Gasteiger partial charge in [0.05, 0.1) is 13.8 Å². The van der Waals surface area contributed by atoms with Gasteiger partial charge in [-0.1, -0.05) is 21.8 Å². The Kier molecular flexibility index (Phi) is 112. The number of hydrogen-bond acceptors (Lipinski definition) is 2. The zero-order valence-corrected chi connectivity index (χ0v) is 7.16. The van der Waals surface area contributed by atoms with E-state index in [0.29, 0.717) is 6.42 Å². The van der Waals surface area contributed by atoms with Gasteiger partial charge >= 0.3 is 0 Å². The topological polar surface area (TPSA) is 18.5 Å². The van der Waals surface area contributed by atoms with E-state index < -0.39 is 13.3 Å². The quantitative estimate of drug-likeness (QED) is 0.677. The lowest BCUT2D eigenvalue weighted by Gasteiger charge is -1.75. The first-order valence-electron chi connectivity index (χ1n) is 3.25. The summed E-state index contributed by atoms with van der Waals surface area (Å²) in [7, 11) is 0.958. The van der Waals surface area contributed by atoms with E-state index in [-0.39, 0.29) is 21.5 Å². The Morgan fingerprint density at radius 3 is 1.29 bits per heavy atom. The minimum Gasteiger partial charge on any atom is -0.251 e. The summed E-state index contributed by atoms with van der Waals surface area (Å²) in [6.07, 6.45) is 0.653. The lowest BCUT2D eigenvalue weighted by molar-refractivity contribution is -0.134. The van der Waals surface area contributed by atoms with Crippen molar-refractivity contribution in [2.24, 2.45) is 0 Å². The minimum absolute atomic E-state index is 0. The SMILES string of the molecule is C.C.CCCF.COF.FCCOF. The molecule has 0 rings (SSSR count). The van der Waals surface area contributed by atoms with Gasteiger partial charge in [-0.2, -0.15) is 9.88 Å². The van der Waals surface area contributed by atoms with E-state index in [9.17, 15) is 17.8 Å². The van der Waals surface area contributed by atoms with Crippen LogP contribution >= 0.6 is 0 Å². The smallest absolute Gasteiger partial charge is 0.116 e. The predicted octanol–water partition coefficient (Wildman–Crippen LogP) is 4.01. The molecule has 0 aliphatic rings. The van der Waals surface area contributed by atoms with Gasteiger partial charge in [0.15, 0.2) is 0 Å². The van der Waals surface area contributed by atoms with Crippen molar-refractivity contribution in [3.63, 3.8) is 0 Å². The second kappa shape index (κ2) is 53.8. The molecule has 14 heavy (non-hydrogen) atoms. The molecule has 0 radical (unpaired) electrons.